The van der Waals surface area contributed by atoms with Gasteiger partial charge < -0.3 is 9.30 Å². The number of benzene rings is 1. The van der Waals surface area contributed by atoms with Crippen LogP contribution in [-0.2, 0) is 6.54 Å². The minimum absolute atomic E-state index is 0.885. The van der Waals surface area contributed by atoms with Crippen molar-refractivity contribution in [2.24, 2.45) is 0 Å². The monoisotopic (exact) mass is 358 g/mol. The smallest absolute Gasteiger partial charge is 0.159 e. The summed E-state index contributed by atoms with van der Waals surface area (Å²) < 4.78 is 2.08. The summed E-state index contributed by atoms with van der Waals surface area (Å²) in [5.41, 5.74) is 3.11. The summed E-state index contributed by atoms with van der Waals surface area (Å²) in [7, 11) is 0. The first-order chi connectivity index (χ1) is 13.3. The maximum absolute atomic E-state index is 4.72. The Hall–Kier alpha value is -2.99. The average molecular weight is 358 g/mol. The number of aryl methyl sites for hydroxylation is 1. The van der Waals surface area contributed by atoms with Crippen molar-refractivity contribution in [2.75, 3.05) is 31.1 Å². The molecule has 0 aliphatic carbocycles. The highest BCUT2D eigenvalue weighted by Gasteiger charge is 2.21. The number of pyridine rings is 1. The van der Waals surface area contributed by atoms with Gasteiger partial charge in [0.05, 0.1) is 11.4 Å². The van der Waals surface area contributed by atoms with E-state index in [1.54, 1.807) is 0 Å². The molecule has 5 rings (SSSR count). The largest absolute Gasteiger partial charge is 0.352 e. The van der Waals surface area contributed by atoms with E-state index >= 15 is 0 Å². The third-order valence-corrected chi connectivity index (χ3v) is 5.32. The van der Waals surface area contributed by atoms with Gasteiger partial charge in [-0.1, -0.05) is 30.3 Å². The van der Waals surface area contributed by atoms with Gasteiger partial charge in [-0.15, -0.1) is 5.10 Å². The van der Waals surface area contributed by atoms with Crippen LogP contribution < -0.4 is 4.90 Å². The Morgan fingerprint density at radius 3 is 2.48 bits per heavy atom. The fourth-order valence-electron chi connectivity index (χ4n) is 3.87. The van der Waals surface area contributed by atoms with Crippen molar-refractivity contribution in [1.82, 2.24) is 24.5 Å². The molecule has 6 heteroatoms. The lowest BCUT2D eigenvalue weighted by molar-refractivity contribution is 0.247. The summed E-state index contributed by atoms with van der Waals surface area (Å²) in [6.45, 7) is 6.81. The van der Waals surface area contributed by atoms with Crippen LogP contribution in [0.1, 0.15) is 11.4 Å². The van der Waals surface area contributed by atoms with Crippen molar-refractivity contribution < 1.29 is 0 Å². The van der Waals surface area contributed by atoms with Gasteiger partial charge in [0.25, 0.3) is 0 Å². The van der Waals surface area contributed by atoms with Gasteiger partial charge in [-0.2, -0.15) is 5.10 Å². The number of aromatic nitrogens is 4. The van der Waals surface area contributed by atoms with Gasteiger partial charge in [-0.05, 0) is 19.1 Å². The minimum Gasteiger partial charge on any atom is -0.352 e. The maximum Gasteiger partial charge on any atom is 0.159 e. The Bertz CT molecular complexity index is 1060. The topological polar surface area (TPSA) is 49.6 Å². The van der Waals surface area contributed by atoms with Crippen molar-refractivity contribution in [2.45, 2.75) is 13.5 Å². The first-order valence-corrected chi connectivity index (χ1v) is 9.40. The van der Waals surface area contributed by atoms with Gasteiger partial charge in [0.1, 0.15) is 5.65 Å². The standard InChI is InChI=1S/C21H22N6/c1-16-18-6-2-3-7-19(18)21(24-23-16)26-12-10-25(11-13-26)14-17-15-27-9-5-4-8-20(27)22-17/h2-9,15H,10-14H2,1H3. The normalized spacial score (nSPS) is 15.7. The zero-order valence-electron chi connectivity index (χ0n) is 15.4. The predicted molar refractivity (Wildman–Crippen MR) is 107 cm³/mol. The Labute approximate surface area is 158 Å². The Morgan fingerprint density at radius 2 is 1.67 bits per heavy atom. The second kappa shape index (κ2) is 6.63. The molecule has 1 fully saturated rings. The Balaban J connectivity index is 1.31. The van der Waals surface area contributed by atoms with E-state index in [2.05, 4.69) is 54.9 Å². The van der Waals surface area contributed by atoms with Crippen LogP contribution in [0.25, 0.3) is 16.4 Å². The highest BCUT2D eigenvalue weighted by atomic mass is 15.3. The predicted octanol–water partition coefficient (Wildman–Crippen LogP) is 2.91. The molecule has 136 valence electrons. The first kappa shape index (κ1) is 16.2. The van der Waals surface area contributed by atoms with E-state index in [0.29, 0.717) is 0 Å². The van der Waals surface area contributed by atoms with E-state index < -0.39 is 0 Å². The lowest BCUT2D eigenvalue weighted by Crippen LogP contribution is -2.46. The summed E-state index contributed by atoms with van der Waals surface area (Å²) in [5.74, 6) is 1.00. The molecular weight excluding hydrogens is 336 g/mol. The van der Waals surface area contributed by atoms with E-state index in [-0.39, 0.29) is 0 Å². The van der Waals surface area contributed by atoms with E-state index in [1.165, 1.54) is 10.8 Å². The molecule has 1 aromatic carbocycles. The van der Waals surface area contributed by atoms with Gasteiger partial charge in [-0.25, -0.2) is 4.98 Å². The zero-order valence-corrected chi connectivity index (χ0v) is 15.4. The molecule has 4 aromatic rings. The quantitative estimate of drug-likeness (QED) is 0.564. The fraction of sp³-hybridized carbons (Fsp3) is 0.286. The number of hydrogen-bond acceptors (Lipinski definition) is 5. The van der Waals surface area contributed by atoms with E-state index in [4.69, 9.17) is 4.98 Å². The molecular formula is C21H22N6. The molecule has 1 aliphatic rings. The van der Waals surface area contributed by atoms with Crippen LogP contribution in [0.5, 0.6) is 0 Å². The van der Waals surface area contributed by atoms with Gasteiger partial charge >= 0.3 is 0 Å². The Kier molecular flexibility index (Phi) is 3.98. The molecule has 1 aliphatic heterocycles. The molecule has 0 saturated carbocycles. The number of anilines is 1. The third-order valence-electron chi connectivity index (χ3n) is 5.32. The molecule has 27 heavy (non-hydrogen) atoms. The van der Waals surface area contributed by atoms with Crippen molar-refractivity contribution in [3.8, 4) is 0 Å². The van der Waals surface area contributed by atoms with E-state index in [0.717, 1.165) is 55.6 Å². The van der Waals surface area contributed by atoms with Crippen molar-refractivity contribution in [3.05, 3.63) is 66.2 Å². The molecule has 6 nitrogen and oxygen atoms in total. The highest BCUT2D eigenvalue weighted by molar-refractivity contribution is 5.93. The summed E-state index contributed by atoms with van der Waals surface area (Å²) in [6, 6.07) is 14.5. The molecule has 0 atom stereocenters. The van der Waals surface area contributed by atoms with Crippen LogP contribution in [0.2, 0.25) is 0 Å². The van der Waals surface area contributed by atoms with Crippen LogP contribution in [0.15, 0.2) is 54.9 Å². The SMILES string of the molecule is Cc1nnc(N2CCN(Cc3cn4ccccc4n3)CC2)c2ccccc12. The van der Waals surface area contributed by atoms with Gasteiger partial charge in [-0.3, -0.25) is 4.90 Å². The lowest BCUT2D eigenvalue weighted by Gasteiger charge is -2.35. The summed E-state index contributed by atoms with van der Waals surface area (Å²) in [4.78, 5) is 9.54. The van der Waals surface area contributed by atoms with Gasteiger partial charge in [0, 0.05) is 55.9 Å². The molecule has 0 spiro atoms. The van der Waals surface area contributed by atoms with Crippen LogP contribution in [0, 0.1) is 6.92 Å². The second-order valence-corrected chi connectivity index (χ2v) is 7.12. The number of rotatable bonds is 3. The molecule has 0 radical (unpaired) electrons. The zero-order chi connectivity index (χ0) is 18.2. The van der Waals surface area contributed by atoms with Crippen LogP contribution >= 0.6 is 0 Å². The molecule has 4 heterocycles. The molecule has 1 saturated heterocycles. The average Bonchev–Trinajstić information content (AvgIpc) is 3.12. The Morgan fingerprint density at radius 1 is 0.889 bits per heavy atom. The van der Waals surface area contributed by atoms with Crippen LogP contribution in [0.4, 0.5) is 5.82 Å². The van der Waals surface area contributed by atoms with Crippen molar-refractivity contribution >= 4 is 22.2 Å². The number of imidazole rings is 1. The van der Waals surface area contributed by atoms with Crippen molar-refractivity contribution in [1.29, 1.82) is 0 Å². The van der Waals surface area contributed by atoms with Crippen LogP contribution in [0.3, 0.4) is 0 Å². The number of piperazine rings is 1. The second-order valence-electron chi connectivity index (χ2n) is 7.12. The number of fused-ring (bicyclic) bond motifs is 2. The molecule has 0 amide bonds. The third kappa shape index (κ3) is 3.02. The minimum atomic E-state index is 0.885. The van der Waals surface area contributed by atoms with Gasteiger partial charge in [0.2, 0.25) is 0 Å². The number of hydrogen-bond donors (Lipinski definition) is 0. The first-order valence-electron chi connectivity index (χ1n) is 9.40. The fourth-order valence-corrected chi connectivity index (χ4v) is 3.87. The van der Waals surface area contributed by atoms with Crippen LogP contribution in [-0.4, -0.2) is 50.7 Å². The van der Waals surface area contributed by atoms with Gasteiger partial charge in [0.15, 0.2) is 5.82 Å². The molecule has 0 unspecified atom stereocenters. The maximum atomic E-state index is 4.72. The molecule has 3 aromatic heterocycles. The van der Waals surface area contributed by atoms with E-state index in [9.17, 15) is 0 Å². The molecule has 0 N–H and O–H groups in total. The molecule has 0 bridgehead atoms. The summed E-state index contributed by atoms with van der Waals surface area (Å²) in [6.07, 6.45) is 4.17. The van der Waals surface area contributed by atoms with Crippen molar-refractivity contribution in [3.63, 3.8) is 0 Å². The summed E-state index contributed by atoms with van der Waals surface area (Å²) in [5, 5.41) is 11.3. The van der Waals surface area contributed by atoms with E-state index in [1.807, 2.05) is 31.3 Å². The summed E-state index contributed by atoms with van der Waals surface area (Å²) >= 11 is 0. The number of nitrogens with zero attached hydrogens (tertiary/aromatic N) is 6. The lowest BCUT2D eigenvalue weighted by atomic mass is 10.1. The highest BCUT2D eigenvalue weighted by Crippen LogP contribution is 2.26.